The lowest BCUT2D eigenvalue weighted by atomic mass is 10.2. The molecule has 16 heavy (non-hydrogen) atoms. The van der Waals surface area contributed by atoms with Crippen molar-refractivity contribution in [2.75, 3.05) is 5.32 Å². The number of aromatic amines is 1. The molecular weight excluding hydrogens is 270 g/mol. The molecule has 0 bridgehead atoms. The van der Waals surface area contributed by atoms with E-state index in [0.29, 0.717) is 12.1 Å². The minimum absolute atomic E-state index is 0.543. The highest BCUT2D eigenvalue weighted by molar-refractivity contribution is 9.10. The Balaban J connectivity index is 2.10. The van der Waals surface area contributed by atoms with Gasteiger partial charge in [0.25, 0.3) is 0 Å². The Morgan fingerprint density at radius 3 is 3.00 bits per heavy atom. The fourth-order valence-corrected chi connectivity index (χ4v) is 1.75. The van der Waals surface area contributed by atoms with Crippen molar-refractivity contribution in [1.29, 1.82) is 5.26 Å². The molecule has 0 aliphatic heterocycles. The molecule has 0 unspecified atom stereocenters. The lowest BCUT2D eigenvalue weighted by Crippen LogP contribution is -2.01. The highest BCUT2D eigenvalue weighted by atomic mass is 79.9. The average Bonchev–Trinajstić information content (AvgIpc) is 2.78. The molecule has 0 spiro atoms. The number of benzene rings is 1. The number of nitrogens with one attached hydrogen (secondary N) is 2. The van der Waals surface area contributed by atoms with Gasteiger partial charge >= 0.3 is 0 Å². The quantitative estimate of drug-likeness (QED) is 0.900. The van der Waals surface area contributed by atoms with Gasteiger partial charge in [-0.1, -0.05) is 15.9 Å². The summed E-state index contributed by atoms with van der Waals surface area (Å²) in [6.45, 7) is 0.543. The number of hydrogen-bond donors (Lipinski definition) is 2. The summed E-state index contributed by atoms with van der Waals surface area (Å²) in [5.41, 5.74) is 1.47. The third-order valence-corrected chi connectivity index (χ3v) is 2.41. The van der Waals surface area contributed by atoms with Crippen LogP contribution >= 0.6 is 15.9 Å². The van der Waals surface area contributed by atoms with Crippen LogP contribution in [0.4, 0.5) is 5.69 Å². The van der Waals surface area contributed by atoms with E-state index >= 15 is 0 Å². The topological polar surface area (TPSA) is 77.4 Å². The van der Waals surface area contributed by atoms with E-state index in [2.05, 4.69) is 42.5 Å². The van der Waals surface area contributed by atoms with Gasteiger partial charge in [-0.05, 0) is 18.2 Å². The summed E-state index contributed by atoms with van der Waals surface area (Å²) in [5, 5.41) is 18.5. The first kappa shape index (κ1) is 10.6. The van der Waals surface area contributed by atoms with Crippen LogP contribution in [0.25, 0.3) is 0 Å². The fourth-order valence-electron chi connectivity index (χ4n) is 1.26. The summed E-state index contributed by atoms with van der Waals surface area (Å²) in [6, 6.07) is 7.54. The van der Waals surface area contributed by atoms with Crippen molar-refractivity contribution >= 4 is 21.6 Å². The number of nitriles is 1. The van der Waals surface area contributed by atoms with E-state index in [-0.39, 0.29) is 0 Å². The van der Waals surface area contributed by atoms with Crippen molar-refractivity contribution in [3.8, 4) is 6.07 Å². The zero-order valence-electron chi connectivity index (χ0n) is 8.24. The normalized spacial score (nSPS) is 9.75. The van der Waals surface area contributed by atoms with Gasteiger partial charge in [0, 0.05) is 10.2 Å². The van der Waals surface area contributed by atoms with Crippen molar-refractivity contribution in [2.24, 2.45) is 0 Å². The first-order valence-corrected chi connectivity index (χ1v) is 5.36. The second kappa shape index (κ2) is 4.77. The Labute approximate surface area is 101 Å². The Kier molecular flexibility index (Phi) is 3.17. The molecule has 1 heterocycles. The summed E-state index contributed by atoms with van der Waals surface area (Å²) in [4.78, 5) is 3.99. The van der Waals surface area contributed by atoms with Crippen LogP contribution in [-0.4, -0.2) is 15.2 Å². The van der Waals surface area contributed by atoms with Gasteiger partial charge in [-0.15, -0.1) is 0 Å². The molecule has 2 rings (SSSR count). The first-order chi connectivity index (χ1) is 7.78. The largest absolute Gasteiger partial charge is 0.378 e. The van der Waals surface area contributed by atoms with Crippen LogP contribution in [0.15, 0.2) is 29.0 Å². The minimum Gasteiger partial charge on any atom is -0.378 e. The molecule has 0 amide bonds. The molecule has 2 N–H and O–H groups in total. The Hall–Kier alpha value is -1.87. The van der Waals surface area contributed by atoms with Gasteiger partial charge in [-0.2, -0.15) is 10.4 Å². The van der Waals surface area contributed by atoms with E-state index < -0.39 is 0 Å². The molecular formula is C10H8BrN5. The molecule has 0 fully saturated rings. The maximum atomic E-state index is 8.81. The van der Waals surface area contributed by atoms with Crippen molar-refractivity contribution in [1.82, 2.24) is 15.2 Å². The molecule has 0 aliphatic carbocycles. The van der Waals surface area contributed by atoms with E-state index in [9.17, 15) is 0 Å². The minimum atomic E-state index is 0.543. The summed E-state index contributed by atoms with van der Waals surface area (Å²) in [6.07, 6.45) is 1.46. The van der Waals surface area contributed by atoms with Crippen molar-refractivity contribution in [2.45, 2.75) is 6.54 Å². The molecule has 5 nitrogen and oxygen atoms in total. The van der Waals surface area contributed by atoms with Crippen molar-refractivity contribution < 1.29 is 0 Å². The van der Waals surface area contributed by atoms with Gasteiger partial charge in [0.2, 0.25) is 0 Å². The molecule has 0 aliphatic rings. The third-order valence-electron chi connectivity index (χ3n) is 1.95. The van der Waals surface area contributed by atoms with Gasteiger partial charge < -0.3 is 5.32 Å². The SMILES string of the molecule is N#Cc1cc(Br)cc(NCc2ncn[nH]2)c1. The lowest BCUT2D eigenvalue weighted by Gasteiger charge is -2.05. The molecule has 6 heteroatoms. The Morgan fingerprint density at radius 1 is 1.44 bits per heavy atom. The van der Waals surface area contributed by atoms with Crippen LogP contribution in [0.5, 0.6) is 0 Å². The lowest BCUT2D eigenvalue weighted by molar-refractivity contribution is 0.954. The van der Waals surface area contributed by atoms with E-state index in [0.717, 1.165) is 16.0 Å². The third kappa shape index (κ3) is 2.58. The van der Waals surface area contributed by atoms with Crippen LogP contribution in [0.2, 0.25) is 0 Å². The predicted octanol–water partition coefficient (Wildman–Crippen LogP) is 2.05. The zero-order chi connectivity index (χ0) is 11.4. The molecule has 1 aromatic heterocycles. The summed E-state index contributed by atoms with van der Waals surface area (Å²) in [7, 11) is 0. The fraction of sp³-hybridized carbons (Fsp3) is 0.100. The van der Waals surface area contributed by atoms with Gasteiger partial charge in [-0.3, -0.25) is 5.10 Å². The van der Waals surface area contributed by atoms with E-state index in [1.807, 2.05) is 6.07 Å². The number of halogens is 1. The monoisotopic (exact) mass is 277 g/mol. The zero-order valence-corrected chi connectivity index (χ0v) is 9.82. The molecule has 1 aromatic carbocycles. The number of anilines is 1. The highest BCUT2D eigenvalue weighted by Gasteiger charge is 2.00. The number of aromatic nitrogens is 3. The number of nitrogens with zero attached hydrogens (tertiary/aromatic N) is 3. The summed E-state index contributed by atoms with van der Waals surface area (Å²) < 4.78 is 0.867. The molecule has 0 saturated carbocycles. The van der Waals surface area contributed by atoms with Crippen LogP contribution < -0.4 is 5.32 Å². The van der Waals surface area contributed by atoms with E-state index in [1.54, 1.807) is 12.1 Å². The molecule has 80 valence electrons. The highest BCUT2D eigenvalue weighted by Crippen LogP contribution is 2.19. The predicted molar refractivity (Wildman–Crippen MR) is 62.6 cm³/mol. The standard InChI is InChI=1S/C10H8BrN5/c11-8-1-7(4-12)2-9(3-8)13-5-10-14-6-15-16-10/h1-3,6,13H,5H2,(H,14,15,16). The van der Waals surface area contributed by atoms with Crippen molar-refractivity contribution in [3.63, 3.8) is 0 Å². The van der Waals surface area contributed by atoms with Gasteiger partial charge in [0.15, 0.2) is 0 Å². The molecule has 0 atom stereocenters. The van der Waals surface area contributed by atoms with Crippen LogP contribution in [0.3, 0.4) is 0 Å². The first-order valence-electron chi connectivity index (χ1n) is 4.57. The maximum Gasteiger partial charge on any atom is 0.143 e. The van der Waals surface area contributed by atoms with Crippen molar-refractivity contribution in [3.05, 3.63) is 40.4 Å². The molecule has 0 saturated heterocycles. The van der Waals surface area contributed by atoms with Crippen LogP contribution in [0, 0.1) is 11.3 Å². The maximum absolute atomic E-state index is 8.81. The van der Waals surface area contributed by atoms with Crippen LogP contribution in [0.1, 0.15) is 11.4 Å². The van der Waals surface area contributed by atoms with E-state index in [4.69, 9.17) is 5.26 Å². The Bertz CT molecular complexity index is 515. The number of H-pyrrole nitrogens is 1. The van der Waals surface area contributed by atoms with Gasteiger partial charge in [0.1, 0.15) is 12.2 Å². The molecule has 0 radical (unpaired) electrons. The number of hydrogen-bond acceptors (Lipinski definition) is 4. The van der Waals surface area contributed by atoms with Gasteiger partial charge in [-0.25, -0.2) is 4.98 Å². The van der Waals surface area contributed by atoms with Gasteiger partial charge in [0.05, 0.1) is 18.2 Å². The molecule has 2 aromatic rings. The summed E-state index contributed by atoms with van der Waals surface area (Å²) in [5.74, 6) is 0.749. The second-order valence-electron chi connectivity index (χ2n) is 3.13. The average molecular weight is 278 g/mol. The Morgan fingerprint density at radius 2 is 2.31 bits per heavy atom. The van der Waals surface area contributed by atoms with E-state index in [1.165, 1.54) is 6.33 Å². The smallest absolute Gasteiger partial charge is 0.143 e. The van der Waals surface area contributed by atoms with Crippen LogP contribution in [-0.2, 0) is 6.54 Å². The number of rotatable bonds is 3. The second-order valence-corrected chi connectivity index (χ2v) is 4.04. The summed E-state index contributed by atoms with van der Waals surface area (Å²) >= 11 is 3.35.